The van der Waals surface area contributed by atoms with Crippen molar-refractivity contribution in [3.63, 3.8) is 0 Å². The van der Waals surface area contributed by atoms with Crippen LogP contribution in [-0.2, 0) is 4.79 Å². The number of anilines is 1. The lowest BCUT2D eigenvalue weighted by Crippen LogP contribution is -2.21. The molecule has 0 aliphatic rings. The van der Waals surface area contributed by atoms with Crippen LogP contribution in [0.1, 0.15) is 17.7 Å². The molecule has 9 heteroatoms. The van der Waals surface area contributed by atoms with Gasteiger partial charge >= 0.3 is 0 Å². The molecule has 0 unspecified atom stereocenters. The van der Waals surface area contributed by atoms with Crippen LogP contribution in [0.3, 0.4) is 0 Å². The zero-order valence-corrected chi connectivity index (χ0v) is 19.7. The lowest BCUT2D eigenvalue weighted by atomic mass is 10.1. The van der Waals surface area contributed by atoms with Gasteiger partial charge in [0.2, 0.25) is 11.1 Å². The molecule has 8 nitrogen and oxygen atoms in total. The highest BCUT2D eigenvalue weighted by Crippen LogP contribution is 2.37. The van der Waals surface area contributed by atoms with Crippen molar-refractivity contribution in [1.29, 1.82) is 0 Å². The van der Waals surface area contributed by atoms with E-state index < -0.39 is 5.25 Å². The molecule has 174 valence electrons. The molecule has 1 atom stereocenters. The fourth-order valence-corrected chi connectivity index (χ4v) is 4.38. The number of thioether (sulfide) groups is 1. The fraction of sp³-hybridized carbons (Fsp3) is 0.160. The highest BCUT2D eigenvalue weighted by atomic mass is 32.2. The Morgan fingerprint density at radius 3 is 2.41 bits per heavy atom. The Morgan fingerprint density at radius 2 is 1.68 bits per heavy atom. The molecule has 3 aromatic carbocycles. The maximum Gasteiger partial charge on any atom is 0.242 e. The van der Waals surface area contributed by atoms with Gasteiger partial charge in [0, 0.05) is 0 Å². The van der Waals surface area contributed by atoms with Gasteiger partial charge in [-0.05, 0) is 36.8 Å². The van der Waals surface area contributed by atoms with Gasteiger partial charge in [0.25, 0.3) is 0 Å². The Morgan fingerprint density at radius 1 is 1.00 bits per heavy atom. The lowest BCUT2D eigenvalue weighted by Gasteiger charge is -2.18. The summed E-state index contributed by atoms with van der Waals surface area (Å²) in [7, 11) is 1.58. The summed E-state index contributed by atoms with van der Waals surface area (Å²) in [4.78, 5) is 13.5. The third-order valence-corrected chi connectivity index (χ3v) is 6.23. The SMILES string of the molecule is CCOc1ccccc1NC(=O)[C@@H](Sc1nnc(-c2ccccc2OC)n1N)c1ccccc1. The summed E-state index contributed by atoms with van der Waals surface area (Å²) in [5.41, 5.74) is 2.11. The number of carbonyl (C=O) groups is 1. The van der Waals surface area contributed by atoms with Crippen LogP contribution in [-0.4, -0.2) is 34.5 Å². The number of nitrogens with two attached hydrogens (primary N) is 1. The van der Waals surface area contributed by atoms with Gasteiger partial charge in [0.1, 0.15) is 16.7 Å². The lowest BCUT2D eigenvalue weighted by molar-refractivity contribution is -0.115. The standard InChI is InChI=1S/C25H25N5O3S/c1-3-33-21-16-10-8-14-19(21)27-24(31)22(17-11-5-4-6-12-17)34-25-29-28-23(30(25)26)18-13-7-9-15-20(18)32-2/h4-16,22H,3,26H2,1-2H3,(H,27,31)/t22-/m0/s1. The van der Waals surface area contributed by atoms with E-state index in [-0.39, 0.29) is 5.91 Å². The quantitative estimate of drug-likeness (QED) is 0.271. The Hall–Kier alpha value is -3.98. The highest BCUT2D eigenvalue weighted by Gasteiger charge is 2.27. The number of ether oxygens (including phenoxy) is 2. The Labute approximate surface area is 202 Å². The zero-order chi connectivity index (χ0) is 23.9. The molecule has 0 spiro atoms. The number of hydrogen-bond acceptors (Lipinski definition) is 7. The Kier molecular flexibility index (Phi) is 7.34. The van der Waals surface area contributed by atoms with Crippen LogP contribution in [0.2, 0.25) is 0 Å². The molecule has 0 bridgehead atoms. The number of rotatable bonds is 9. The van der Waals surface area contributed by atoms with Crippen molar-refractivity contribution >= 4 is 23.4 Å². The van der Waals surface area contributed by atoms with E-state index in [0.717, 1.165) is 5.56 Å². The van der Waals surface area contributed by atoms with Crippen molar-refractivity contribution in [3.05, 3.63) is 84.4 Å². The van der Waals surface area contributed by atoms with E-state index in [2.05, 4.69) is 15.5 Å². The van der Waals surface area contributed by atoms with Gasteiger partial charge in [-0.15, -0.1) is 10.2 Å². The third-order valence-electron chi connectivity index (χ3n) is 5.02. The van der Waals surface area contributed by atoms with E-state index in [0.29, 0.717) is 40.3 Å². The molecule has 1 aromatic heterocycles. The van der Waals surface area contributed by atoms with Gasteiger partial charge < -0.3 is 20.6 Å². The summed E-state index contributed by atoms with van der Waals surface area (Å²) in [5.74, 6) is 7.81. The van der Waals surface area contributed by atoms with Crippen molar-refractivity contribution in [2.24, 2.45) is 0 Å². The van der Waals surface area contributed by atoms with Crippen molar-refractivity contribution < 1.29 is 14.3 Å². The van der Waals surface area contributed by atoms with Crippen LogP contribution >= 0.6 is 11.8 Å². The first-order valence-electron chi connectivity index (χ1n) is 10.7. The molecule has 3 N–H and O–H groups in total. The second-order valence-electron chi connectivity index (χ2n) is 7.20. The summed E-state index contributed by atoms with van der Waals surface area (Å²) in [6, 6.07) is 24.2. The Balaban J connectivity index is 1.65. The minimum absolute atomic E-state index is 0.231. The molecule has 4 aromatic rings. The van der Waals surface area contributed by atoms with Crippen LogP contribution in [0.15, 0.2) is 84.0 Å². The summed E-state index contributed by atoms with van der Waals surface area (Å²) in [6.45, 7) is 2.39. The first-order chi connectivity index (χ1) is 16.6. The van der Waals surface area contributed by atoms with E-state index in [1.165, 1.54) is 16.4 Å². The number of benzene rings is 3. The van der Waals surface area contributed by atoms with Gasteiger partial charge in [0.05, 0.1) is 25.0 Å². The smallest absolute Gasteiger partial charge is 0.242 e. The van der Waals surface area contributed by atoms with Crippen molar-refractivity contribution in [1.82, 2.24) is 14.9 Å². The molecule has 4 rings (SSSR count). The normalized spacial score (nSPS) is 11.6. The molecule has 0 radical (unpaired) electrons. The van der Waals surface area contributed by atoms with E-state index >= 15 is 0 Å². The number of carbonyl (C=O) groups excluding carboxylic acids is 1. The van der Waals surface area contributed by atoms with Gasteiger partial charge in [-0.25, -0.2) is 4.68 Å². The summed E-state index contributed by atoms with van der Waals surface area (Å²) < 4.78 is 12.5. The number of methoxy groups -OCH3 is 1. The molecule has 1 heterocycles. The number of nitrogens with one attached hydrogen (secondary N) is 1. The number of nitrogen functional groups attached to an aromatic ring is 1. The fourth-order valence-electron chi connectivity index (χ4n) is 3.43. The monoisotopic (exact) mass is 475 g/mol. The molecule has 0 saturated heterocycles. The molecule has 1 amide bonds. The number of hydrogen-bond donors (Lipinski definition) is 2. The van der Waals surface area contributed by atoms with Crippen LogP contribution in [0.4, 0.5) is 5.69 Å². The molecular weight excluding hydrogens is 450 g/mol. The highest BCUT2D eigenvalue weighted by molar-refractivity contribution is 8.00. The van der Waals surface area contributed by atoms with E-state index in [9.17, 15) is 4.79 Å². The zero-order valence-electron chi connectivity index (χ0n) is 18.8. The average Bonchev–Trinajstić information content (AvgIpc) is 3.24. The molecule has 34 heavy (non-hydrogen) atoms. The first-order valence-corrected chi connectivity index (χ1v) is 11.6. The molecule has 0 fully saturated rings. The Bertz CT molecular complexity index is 1260. The predicted octanol–water partition coefficient (Wildman–Crippen LogP) is 4.54. The summed E-state index contributed by atoms with van der Waals surface area (Å²) in [6.07, 6.45) is 0. The van der Waals surface area contributed by atoms with E-state index in [1.807, 2.05) is 79.7 Å². The van der Waals surface area contributed by atoms with Crippen LogP contribution in [0.5, 0.6) is 11.5 Å². The molecule has 0 aliphatic heterocycles. The minimum Gasteiger partial charge on any atom is -0.496 e. The molecular formula is C25H25N5O3S. The van der Waals surface area contributed by atoms with Crippen LogP contribution in [0.25, 0.3) is 11.4 Å². The van der Waals surface area contributed by atoms with Gasteiger partial charge in [-0.3, -0.25) is 4.79 Å². The van der Waals surface area contributed by atoms with Crippen molar-refractivity contribution in [2.75, 3.05) is 24.9 Å². The second-order valence-corrected chi connectivity index (χ2v) is 8.28. The maximum atomic E-state index is 13.5. The van der Waals surface area contributed by atoms with Crippen molar-refractivity contribution in [2.45, 2.75) is 17.3 Å². The number of para-hydroxylation sites is 3. The minimum atomic E-state index is -0.632. The first kappa shape index (κ1) is 23.2. The molecule has 0 aliphatic carbocycles. The van der Waals surface area contributed by atoms with Crippen molar-refractivity contribution in [3.8, 4) is 22.9 Å². The number of amides is 1. The number of nitrogens with zero attached hydrogens (tertiary/aromatic N) is 3. The maximum absolute atomic E-state index is 13.5. The van der Waals surface area contributed by atoms with Gasteiger partial charge in [-0.1, -0.05) is 66.4 Å². The average molecular weight is 476 g/mol. The second kappa shape index (κ2) is 10.8. The summed E-state index contributed by atoms with van der Waals surface area (Å²) in [5, 5.41) is 11.3. The molecule has 0 saturated carbocycles. The third kappa shape index (κ3) is 4.99. The van der Waals surface area contributed by atoms with Crippen LogP contribution in [0, 0.1) is 0 Å². The number of aromatic nitrogens is 3. The summed E-state index contributed by atoms with van der Waals surface area (Å²) >= 11 is 1.21. The van der Waals surface area contributed by atoms with Gasteiger partial charge in [0.15, 0.2) is 5.82 Å². The van der Waals surface area contributed by atoms with Crippen LogP contribution < -0.4 is 20.6 Å². The predicted molar refractivity (Wildman–Crippen MR) is 133 cm³/mol. The van der Waals surface area contributed by atoms with Gasteiger partial charge in [-0.2, -0.15) is 0 Å². The van der Waals surface area contributed by atoms with E-state index in [1.54, 1.807) is 13.2 Å². The largest absolute Gasteiger partial charge is 0.496 e. The topological polar surface area (TPSA) is 104 Å². The van der Waals surface area contributed by atoms with E-state index in [4.69, 9.17) is 15.3 Å².